The fourth-order valence-corrected chi connectivity index (χ4v) is 9.25. The lowest BCUT2D eigenvalue weighted by molar-refractivity contribution is 0.632. The molecule has 2 nitrogen and oxygen atoms in total. The highest BCUT2D eigenvalue weighted by Gasteiger charge is 2.20. The van der Waals surface area contributed by atoms with Crippen molar-refractivity contribution in [2.75, 3.05) is 0 Å². The molecule has 12 rings (SSSR count). The molecule has 0 unspecified atom stereocenters. The van der Waals surface area contributed by atoms with Gasteiger partial charge in [-0.3, -0.25) is 0 Å². The summed E-state index contributed by atoms with van der Waals surface area (Å²) >= 11 is 0. The maximum Gasteiger partial charge on any atom is 0.143 e. The Hall–Kier alpha value is -7.42. The molecule has 2 heterocycles. The van der Waals surface area contributed by atoms with Crippen molar-refractivity contribution >= 4 is 65.1 Å². The average molecular weight is 712 g/mol. The Kier molecular flexibility index (Phi) is 6.66. The van der Waals surface area contributed by atoms with Crippen LogP contribution in [0.4, 0.5) is 0 Å². The summed E-state index contributed by atoms with van der Waals surface area (Å²) in [6.45, 7) is 0. The molecular formula is C54H33NO. The summed E-state index contributed by atoms with van der Waals surface area (Å²) < 4.78 is 9.15. The topological polar surface area (TPSA) is 18.1 Å². The van der Waals surface area contributed by atoms with Crippen LogP contribution in [0, 0.1) is 0 Å². The summed E-state index contributed by atoms with van der Waals surface area (Å²) in [4.78, 5) is 0. The average Bonchev–Trinajstić information content (AvgIpc) is 3.82. The second kappa shape index (κ2) is 12.0. The molecule has 0 aliphatic carbocycles. The van der Waals surface area contributed by atoms with Crippen LogP contribution in [0.25, 0.3) is 115 Å². The van der Waals surface area contributed by atoms with Gasteiger partial charge in [-0.05, 0) is 103 Å². The van der Waals surface area contributed by atoms with E-state index in [1.54, 1.807) is 0 Å². The molecule has 260 valence electrons. The predicted octanol–water partition coefficient (Wildman–Crippen LogP) is 15.1. The summed E-state index contributed by atoms with van der Waals surface area (Å²) in [5, 5.41) is 11.3. The molecule has 0 radical (unpaired) electrons. The van der Waals surface area contributed by atoms with Crippen LogP contribution in [0.2, 0.25) is 0 Å². The van der Waals surface area contributed by atoms with Crippen molar-refractivity contribution in [2.45, 2.75) is 0 Å². The van der Waals surface area contributed by atoms with Gasteiger partial charge in [0, 0.05) is 33.0 Å². The number of aromatic nitrogens is 1. The van der Waals surface area contributed by atoms with Crippen LogP contribution in [0.15, 0.2) is 205 Å². The van der Waals surface area contributed by atoms with Crippen molar-refractivity contribution in [3.05, 3.63) is 200 Å². The predicted molar refractivity (Wildman–Crippen MR) is 236 cm³/mol. The fourth-order valence-electron chi connectivity index (χ4n) is 9.25. The molecule has 0 aliphatic rings. The van der Waals surface area contributed by atoms with Crippen molar-refractivity contribution in [3.63, 3.8) is 0 Å². The van der Waals surface area contributed by atoms with Crippen LogP contribution in [-0.2, 0) is 0 Å². The lowest BCUT2D eigenvalue weighted by Crippen LogP contribution is -1.93. The third-order valence-electron chi connectivity index (χ3n) is 11.8. The SMILES string of the molecule is c1ccc(-c2oc3cc(-c4ccc5ccc6c(-c7ccc8c(c7)c7ccccc7n8-c7ccccc7)ccc7ccc4c5c76)ccc3c2-c2ccccc2)cc1. The molecule has 0 aliphatic heterocycles. The summed E-state index contributed by atoms with van der Waals surface area (Å²) in [5.41, 5.74) is 12.6. The van der Waals surface area contributed by atoms with E-state index in [2.05, 4.69) is 199 Å². The zero-order valence-electron chi connectivity index (χ0n) is 30.4. The molecule has 0 N–H and O–H groups in total. The van der Waals surface area contributed by atoms with Gasteiger partial charge < -0.3 is 8.98 Å². The van der Waals surface area contributed by atoms with Gasteiger partial charge in [0.15, 0.2) is 0 Å². The van der Waals surface area contributed by atoms with E-state index >= 15 is 0 Å². The zero-order chi connectivity index (χ0) is 36.7. The third-order valence-corrected chi connectivity index (χ3v) is 11.8. The summed E-state index contributed by atoms with van der Waals surface area (Å²) in [7, 11) is 0. The zero-order valence-corrected chi connectivity index (χ0v) is 30.4. The highest BCUT2D eigenvalue weighted by atomic mass is 16.3. The van der Waals surface area contributed by atoms with Crippen LogP contribution < -0.4 is 0 Å². The molecule has 0 atom stereocenters. The minimum absolute atomic E-state index is 0.886. The molecule has 56 heavy (non-hydrogen) atoms. The molecule has 0 saturated carbocycles. The van der Waals surface area contributed by atoms with Crippen molar-refractivity contribution in [2.24, 2.45) is 0 Å². The quantitative estimate of drug-likeness (QED) is 0.163. The van der Waals surface area contributed by atoms with Gasteiger partial charge in [-0.15, -0.1) is 0 Å². The normalized spacial score (nSPS) is 11.9. The molecule has 0 bridgehead atoms. The van der Waals surface area contributed by atoms with E-state index in [9.17, 15) is 0 Å². The number of furan rings is 1. The van der Waals surface area contributed by atoms with Crippen LogP contribution in [0.1, 0.15) is 0 Å². The Morgan fingerprint density at radius 2 is 0.875 bits per heavy atom. The van der Waals surface area contributed by atoms with E-state index in [0.29, 0.717) is 0 Å². The standard InChI is InChI=1S/C54H33NO/c1-4-12-34(13-5-1)53-46-30-24-39(33-50(46)56-54(53)37-14-6-2-7-15-37)42-27-21-36-22-28-44-41(26-20-35-23-29-45(42)52(36)51(35)44)38-25-31-49-47(32-38)43-18-10-11-19-48(43)55(49)40-16-8-3-9-17-40/h1-33H. The first kappa shape index (κ1) is 31.0. The molecule has 0 fully saturated rings. The van der Waals surface area contributed by atoms with Gasteiger partial charge in [-0.25, -0.2) is 0 Å². The van der Waals surface area contributed by atoms with Gasteiger partial charge in [0.05, 0.1) is 11.0 Å². The lowest BCUT2D eigenvalue weighted by Gasteiger charge is -2.17. The van der Waals surface area contributed by atoms with Crippen LogP contribution in [0.3, 0.4) is 0 Å². The lowest BCUT2D eigenvalue weighted by atomic mass is 9.87. The second-order valence-corrected chi connectivity index (χ2v) is 14.8. The Morgan fingerprint density at radius 1 is 0.339 bits per heavy atom. The molecule has 12 aromatic rings. The summed E-state index contributed by atoms with van der Waals surface area (Å²) in [6.07, 6.45) is 0. The first-order valence-corrected chi connectivity index (χ1v) is 19.3. The van der Waals surface area contributed by atoms with Crippen LogP contribution in [0.5, 0.6) is 0 Å². The van der Waals surface area contributed by atoms with Crippen LogP contribution >= 0.6 is 0 Å². The van der Waals surface area contributed by atoms with Crippen molar-refractivity contribution in [1.29, 1.82) is 0 Å². The number of fused-ring (bicyclic) bond motifs is 4. The van der Waals surface area contributed by atoms with E-state index in [1.165, 1.54) is 76.5 Å². The fraction of sp³-hybridized carbons (Fsp3) is 0. The second-order valence-electron chi connectivity index (χ2n) is 14.8. The van der Waals surface area contributed by atoms with E-state index in [4.69, 9.17) is 4.42 Å². The van der Waals surface area contributed by atoms with Gasteiger partial charge >= 0.3 is 0 Å². The third kappa shape index (κ3) is 4.57. The number of nitrogens with zero attached hydrogens (tertiary/aromatic N) is 1. The minimum Gasteiger partial charge on any atom is -0.455 e. The molecule has 0 amide bonds. The van der Waals surface area contributed by atoms with Gasteiger partial charge in [-0.1, -0.05) is 158 Å². The largest absolute Gasteiger partial charge is 0.455 e. The first-order chi connectivity index (χ1) is 27.8. The number of rotatable bonds is 5. The minimum atomic E-state index is 0.886. The Labute approximate surface area is 323 Å². The Morgan fingerprint density at radius 3 is 1.57 bits per heavy atom. The Bertz CT molecular complexity index is 3450. The molecule has 2 heteroatoms. The number of hydrogen-bond donors (Lipinski definition) is 0. The monoisotopic (exact) mass is 711 g/mol. The van der Waals surface area contributed by atoms with E-state index in [-0.39, 0.29) is 0 Å². The first-order valence-electron chi connectivity index (χ1n) is 19.3. The van der Waals surface area contributed by atoms with E-state index in [0.717, 1.165) is 39.0 Å². The van der Waals surface area contributed by atoms with E-state index < -0.39 is 0 Å². The van der Waals surface area contributed by atoms with Crippen molar-refractivity contribution in [3.8, 4) is 50.4 Å². The van der Waals surface area contributed by atoms with Gasteiger partial charge in [0.25, 0.3) is 0 Å². The molecule has 0 saturated heterocycles. The van der Waals surface area contributed by atoms with Gasteiger partial charge in [-0.2, -0.15) is 0 Å². The summed E-state index contributed by atoms with van der Waals surface area (Å²) in [6, 6.07) is 72.5. The Balaban J connectivity index is 1.04. The smallest absolute Gasteiger partial charge is 0.143 e. The van der Waals surface area contributed by atoms with Gasteiger partial charge in [0.2, 0.25) is 0 Å². The highest BCUT2D eigenvalue weighted by Crippen LogP contribution is 2.46. The highest BCUT2D eigenvalue weighted by molar-refractivity contribution is 6.28. The maximum absolute atomic E-state index is 6.77. The molecule has 2 aromatic heterocycles. The molecule has 0 spiro atoms. The van der Waals surface area contributed by atoms with Gasteiger partial charge in [0.1, 0.15) is 11.3 Å². The molecular weight excluding hydrogens is 679 g/mol. The maximum atomic E-state index is 6.77. The summed E-state index contributed by atoms with van der Waals surface area (Å²) in [5.74, 6) is 0.898. The van der Waals surface area contributed by atoms with E-state index in [1.807, 2.05) is 6.07 Å². The number of para-hydroxylation sites is 2. The number of benzene rings is 10. The number of hydrogen-bond acceptors (Lipinski definition) is 1. The van der Waals surface area contributed by atoms with Crippen LogP contribution in [-0.4, -0.2) is 4.57 Å². The van der Waals surface area contributed by atoms with Crippen molar-refractivity contribution in [1.82, 2.24) is 4.57 Å². The van der Waals surface area contributed by atoms with Crippen molar-refractivity contribution < 1.29 is 4.42 Å². The molecule has 10 aromatic carbocycles.